The van der Waals surface area contributed by atoms with Gasteiger partial charge in [0.05, 0.1) is 69.3 Å². The van der Waals surface area contributed by atoms with Gasteiger partial charge in [0, 0.05) is 42.6 Å². The van der Waals surface area contributed by atoms with E-state index >= 15 is 0 Å². The first-order valence-corrected chi connectivity index (χ1v) is 24.5. The molecule has 8 rings (SSSR count). The fourth-order valence-corrected chi connectivity index (χ4v) is 14.8. The summed E-state index contributed by atoms with van der Waals surface area (Å²) in [6.45, 7) is 9.58. The van der Waals surface area contributed by atoms with Crippen LogP contribution in [0.3, 0.4) is 0 Å². The van der Waals surface area contributed by atoms with Gasteiger partial charge in [-0.05, 0) is 139 Å². The first kappa shape index (κ1) is 45.1. The van der Waals surface area contributed by atoms with E-state index in [1.54, 1.807) is 0 Å². The number of piperidine rings is 2. The molecule has 0 spiro atoms. The number of carbonyl (C=O) groups excluding carboxylic acids is 2. The predicted molar refractivity (Wildman–Crippen MR) is 226 cm³/mol. The minimum atomic E-state index is -1.04. The number of rotatable bonds is 10. The third-order valence-corrected chi connectivity index (χ3v) is 17.8. The molecule has 20 atom stereocenters. The van der Waals surface area contributed by atoms with Crippen LogP contribution in [0.1, 0.15) is 111 Å². The molecular formula is C47H81N5O8+2. The number of Topliss-reactive ketones (excluding diaryl/α,β-unsaturated/α-hetero) is 1. The van der Waals surface area contributed by atoms with E-state index in [2.05, 4.69) is 35.1 Å². The number of esters is 1. The third kappa shape index (κ3) is 8.81. The number of hydrogen-bond donors (Lipinski definition) is 8. The molecule has 340 valence electrons. The van der Waals surface area contributed by atoms with Crippen LogP contribution in [0, 0.1) is 65.1 Å². The lowest BCUT2D eigenvalue weighted by Gasteiger charge is -2.63. The van der Waals surface area contributed by atoms with Crippen molar-refractivity contribution in [2.45, 2.75) is 165 Å². The number of ketones is 1. The number of ether oxygens (including phenoxy) is 3. The standard InChI is InChI=1S/C47H79N5O8/c1-5-26(13-15-49-4)46(57)59-37-22-35-42(56)41-36(55)21-32(24-53)58-44(41)40-34-20-29-19-31(54)11-10-27(29)8-9-28(39-33(34)14-16-51-45(39)48)18-30(47(37,3)60-43(35)40)17-25-7-12-38(50-6-2)52-23-25/h5,25,27-35,37-45,49-54,56H,6-24,48H2,1-4H3/p+2/t25?,27?,28-,29?,30-,31?,32?,33?,34+,35?,37-,38?,39?,40?,41?,42?,43?,44?,45?,47+/m1/s1. The molecule has 8 aliphatic rings. The van der Waals surface area contributed by atoms with Gasteiger partial charge < -0.3 is 51.2 Å². The fraction of sp³-hybridized carbons (Fsp3) is 0.915. The van der Waals surface area contributed by atoms with E-state index in [4.69, 9.17) is 19.9 Å². The molecule has 5 heterocycles. The van der Waals surface area contributed by atoms with Gasteiger partial charge in [0.25, 0.3) is 0 Å². The van der Waals surface area contributed by atoms with E-state index in [-0.39, 0.29) is 66.6 Å². The van der Waals surface area contributed by atoms with Crippen LogP contribution in [0.4, 0.5) is 0 Å². The van der Waals surface area contributed by atoms with Gasteiger partial charge in [-0.3, -0.25) is 10.1 Å². The van der Waals surface area contributed by atoms with Crippen molar-refractivity contribution in [2.75, 3.05) is 39.8 Å². The van der Waals surface area contributed by atoms with Crippen LogP contribution < -0.4 is 27.0 Å². The van der Waals surface area contributed by atoms with Crippen molar-refractivity contribution in [3.8, 4) is 0 Å². The zero-order valence-corrected chi connectivity index (χ0v) is 37.1. The lowest BCUT2D eigenvalue weighted by Crippen LogP contribution is -2.95. The quantitative estimate of drug-likeness (QED) is 0.115. The highest BCUT2D eigenvalue weighted by atomic mass is 16.6. The van der Waals surface area contributed by atoms with Gasteiger partial charge in [0.2, 0.25) is 0 Å². The Balaban J connectivity index is 1.28. The largest absolute Gasteiger partial charge is 0.456 e. The lowest BCUT2D eigenvalue weighted by atomic mass is 9.52. The van der Waals surface area contributed by atoms with Gasteiger partial charge in [0.15, 0.2) is 0 Å². The number of hydrogen-bond acceptors (Lipinski definition) is 11. The van der Waals surface area contributed by atoms with Crippen molar-refractivity contribution < 1.29 is 49.8 Å². The highest BCUT2D eigenvalue weighted by molar-refractivity contribution is 5.88. The number of nitrogens with one attached hydrogen (secondary N) is 2. The SMILES string of the molecule is CC=C(CC[NH2+]C)C(=O)O[C@@H]1CC2C(O)C3C(=O)CC(CO)OC3C3C2O[C@@]1(C)[C@H](CC1CCC(NCC)[NH2+]C1)C[C@H]1CCC2CCC(O)CC2C[C@H]3C2CCNC(N)C21. The number of allylic oxidation sites excluding steroid dienone is 1. The summed E-state index contributed by atoms with van der Waals surface area (Å²) < 4.78 is 21.6. The summed E-state index contributed by atoms with van der Waals surface area (Å²) in [6, 6.07) is 0. The second-order valence-corrected chi connectivity index (χ2v) is 21.0. The molecule has 0 aromatic rings. The predicted octanol–water partition coefficient (Wildman–Crippen LogP) is 0.940. The van der Waals surface area contributed by atoms with Crippen molar-refractivity contribution in [3.63, 3.8) is 0 Å². The number of carbonyl (C=O) groups is 2. The van der Waals surface area contributed by atoms with Crippen molar-refractivity contribution >= 4 is 11.8 Å². The third-order valence-electron chi connectivity index (χ3n) is 17.8. The Morgan fingerprint density at radius 2 is 1.82 bits per heavy atom. The summed E-state index contributed by atoms with van der Waals surface area (Å²) in [5.74, 6) is 0.230. The Labute approximate surface area is 358 Å². The average molecular weight is 844 g/mol. The summed E-state index contributed by atoms with van der Waals surface area (Å²) in [6.07, 6.45) is 10.1. The number of fused-ring (bicyclic) bond motifs is 5. The molecule has 3 saturated carbocycles. The molecule has 15 unspecified atom stereocenters. The van der Waals surface area contributed by atoms with Crippen LogP contribution >= 0.6 is 0 Å². The summed E-state index contributed by atoms with van der Waals surface area (Å²) in [5, 5.41) is 46.3. The lowest BCUT2D eigenvalue weighted by molar-refractivity contribution is -0.708. The van der Waals surface area contributed by atoms with E-state index in [9.17, 15) is 24.9 Å². The minimum absolute atomic E-state index is 0.0408. The Hall–Kier alpha value is -1.52. The Morgan fingerprint density at radius 1 is 1.02 bits per heavy atom. The maximum Gasteiger partial charge on any atom is 0.334 e. The average Bonchev–Trinajstić information content (AvgIpc) is 3.29. The molecule has 13 heteroatoms. The molecule has 0 amide bonds. The number of nitrogens with two attached hydrogens (primary N) is 3. The number of quaternary nitrogens is 2. The molecule has 5 aliphatic heterocycles. The molecule has 4 bridgehead atoms. The molecule has 0 aromatic carbocycles. The van der Waals surface area contributed by atoms with Crippen LogP contribution in [0.2, 0.25) is 0 Å². The highest BCUT2D eigenvalue weighted by Gasteiger charge is 2.66. The Morgan fingerprint density at radius 3 is 2.55 bits per heavy atom. The summed E-state index contributed by atoms with van der Waals surface area (Å²) >= 11 is 0. The minimum Gasteiger partial charge on any atom is -0.456 e. The van der Waals surface area contributed by atoms with E-state index in [0.29, 0.717) is 48.3 Å². The second-order valence-electron chi connectivity index (χ2n) is 21.0. The highest BCUT2D eigenvalue weighted by Crippen LogP contribution is 2.60. The summed E-state index contributed by atoms with van der Waals surface area (Å²) in [5.41, 5.74) is 7.11. The van der Waals surface area contributed by atoms with E-state index in [0.717, 1.165) is 96.8 Å². The van der Waals surface area contributed by atoms with E-state index in [1.807, 2.05) is 20.0 Å². The van der Waals surface area contributed by atoms with Crippen LogP contribution in [0.25, 0.3) is 0 Å². The first-order chi connectivity index (χ1) is 29.0. The number of aliphatic hydroxyl groups is 3. The molecular weight excluding hydrogens is 763 g/mol. The maximum atomic E-state index is 14.4. The van der Waals surface area contributed by atoms with Crippen LogP contribution in [0.15, 0.2) is 11.6 Å². The maximum absolute atomic E-state index is 14.4. The van der Waals surface area contributed by atoms with Crippen molar-refractivity contribution in [3.05, 3.63) is 11.6 Å². The fourth-order valence-electron chi connectivity index (χ4n) is 14.8. The first-order valence-electron chi connectivity index (χ1n) is 24.5. The normalized spacial score (nSPS) is 48.4. The van der Waals surface area contributed by atoms with Gasteiger partial charge in [-0.1, -0.05) is 13.0 Å². The molecule has 60 heavy (non-hydrogen) atoms. The van der Waals surface area contributed by atoms with Crippen molar-refractivity contribution in [1.29, 1.82) is 0 Å². The Bertz CT molecular complexity index is 1510. The van der Waals surface area contributed by atoms with Crippen LogP contribution in [-0.2, 0) is 23.8 Å². The smallest absolute Gasteiger partial charge is 0.334 e. The van der Waals surface area contributed by atoms with Crippen LogP contribution in [-0.4, -0.2) is 121 Å². The van der Waals surface area contributed by atoms with Crippen LogP contribution in [0.5, 0.6) is 0 Å². The zero-order chi connectivity index (χ0) is 42.3. The summed E-state index contributed by atoms with van der Waals surface area (Å²) in [7, 11) is 2.01. The zero-order valence-electron chi connectivity index (χ0n) is 37.1. The van der Waals surface area contributed by atoms with E-state index in [1.165, 1.54) is 0 Å². The van der Waals surface area contributed by atoms with Gasteiger partial charge >= 0.3 is 5.97 Å². The molecule has 11 N–H and O–H groups in total. The second kappa shape index (κ2) is 19.3. The van der Waals surface area contributed by atoms with E-state index < -0.39 is 48.0 Å². The molecule has 0 radical (unpaired) electrons. The molecule has 13 nitrogen and oxygen atoms in total. The topological polar surface area (TPSA) is 206 Å². The molecule has 3 aliphatic carbocycles. The molecule has 8 fully saturated rings. The van der Waals surface area contributed by atoms with Gasteiger partial charge in [0.1, 0.15) is 23.7 Å². The van der Waals surface area contributed by atoms with Gasteiger partial charge in [-0.15, -0.1) is 0 Å². The van der Waals surface area contributed by atoms with Gasteiger partial charge in [-0.25, -0.2) is 4.79 Å². The van der Waals surface area contributed by atoms with Crippen molar-refractivity contribution in [1.82, 2.24) is 10.6 Å². The number of aliphatic hydroxyl groups excluding tert-OH is 3. The van der Waals surface area contributed by atoms with Crippen molar-refractivity contribution in [2.24, 2.45) is 70.8 Å². The molecule has 5 saturated heterocycles. The van der Waals surface area contributed by atoms with Gasteiger partial charge in [-0.2, -0.15) is 0 Å². The monoisotopic (exact) mass is 844 g/mol. The molecule has 0 aromatic heterocycles. The summed E-state index contributed by atoms with van der Waals surface area (Å²) in [4.78, 5) is 28.7. The Kier molecular flexibility index (Phi) is 14.5.